The maximum atomic E-state index is 12.5. The number of nitrogens with one attached hydrogen (secondary N) is 1. The maximum Gasteiger partial charge on any atom is 0.341 e. The Morgan fingerprint density at radius 1 is 0.938 bits per heavy atom. The van der Waals surface area contributed by atoms with Crippen LogP contribution in [0.25, 0.3) is 0 Å². The minimum Gasteiger partial charge on any atom is -0.493 e. The number of methoxy groups -OCH3 is 1. The number of carboxylic acid groups (broad SMARTS) is 1. The van der Waals surface area contributed by atoms with Gasteiger partial charge in [0.15, 0.2) is 18.1 Å². The number of amides is 1. The van der Waals surface area contributed by atoms with Crippen molar-refractivity contribution in [1.82, 2.24) is 5.43 Å². The van der Waals surface area contributed by atoms with E-state index in [1.807, 2.05) is 30.3 Å². The molecule has 32 heavy (non-hydrogen) atoms. The van der Waals surface area contributed by atoms with Crippen molar-refractivity contribution in [1.29, 1.82) is 0 Å². The van der Waals surface area contributed by atoms with Gasteiger partial charge in [-0.3, -0.25) is 4.79 Å². The van der Waals surface area contributed by atoms with Crippen molar-refractivity contribution >= 4 is 18.1 Å². The van der Waals surface area contributed by atoms with Gasteiger partial charge in [0.05, 0.1) is 13.3 Å². The number of carboxylic acids is 1. The molecule has 0 bridgehead atoms. The molecule has 0 aliphatic heterocycles. The van der Waals surface area contributed by atoms with Crippen LogP contribution in [0.15, 0.2) is 77.9 Å². The first kappa shape index (κ1) is 22.4. The van der Waals surface area contributed by atoms with Crippen molar-refractivity contribution in [2.45, 2.75) is 6.61 Å². The second-order valence-electron chi connectivity index (χ2n) is 6.56. The summed E-state index contributed by atoms with van der Waals surface area (Å²) < 4.78 is 16.4. The first-order chi connectivity index (χ1) is 15.6. The summed E-state index contributed by atoms with van der Waals surface area (Å²) in [4.78, 5) is 23.2. The van der Waals surface area contributed by atoms with E-state index in [1.54, 1.807) is 42.5 Å². The molecule has 0 aromatic heterocycles. The maximum absolute atomic E-state index is 12.5. The van der Waals surface area contributed by atoms with Crippen molar-refractivity contribution < 1.29 is 28.9 Å². The van der Waals surface area contributed by atoms with Gasteiger partial charge in [0, 0.05) is 11.1 Å². The fraction of sp³-hybridized carbons (Fsp3) is 0.125. The van der Waals surface area contributed by atoms with E-state index < -0.39 is 18.5 Å². The Kier molecular flexibility index (Phi) is 7.80. The molecule has 0 saturated heterocycles. The van der Waals surface area contributed by atoms with E-state index in [0.717, 1.165) is 5.56 Å². The molecule has 2 N–H and O–H groups in total. The fourth-order valence-corrected chi connectivity index (χ4v) is 2.75. The van der Waals surface area contributed by atoms with E-state index in [2.05, 4.69) is 10.5 Å². The predicted octanol–water partition coefficient (Wildman–Crippen LogP) is 3.50. The van der Waals surface area contributed by atoms with Crippen LogP contribution in [0.5, 0.6) is 17.2 Å². The largest absolute Gasteiger partial charge is 0.493 e. The number of hydrogen-bond donors (Lipinski definition) is 2. The van der Waals surface area contributed by atoms with Crippen LogP contribution in [0.4, 0.5) is 0 Å². The summed E-state index contributed by atoms with van der Waals surface area (Å²) in [6, 6.07) is 21.3. The molecule has 0 spiro atoms. The molecular weight excluding hydrogens is 412 g/mol. The van der Waals surface area contributed by atoms with Gasteiger partial charge >= 0.3 is 5.97 Å². The first-order valence-corrected chi connectivity index (χ1v) is 9.68. The molecule has 3 rings (SSSR count). The highest BCUT2D eigenvalue weighted by atomic mass is 16.5. The number of carbonyl (C=O) groups is 2. The Bertz CT molecular complexity index is 1100. The van der Waals surface area contributed by atoms with Crippen LogP contribution in [0.2, 0.25) is 0 Å². The van der Waals surface area contributed by atoms with Crippen molar-refractivity contribution in [3.63, 3.8) is 0 Å². The Balaban J connectivity index is 1.63. The molecule has 0 aliphatic rings. The van der Waals surface area contributed by atoms with Crippen molar-refractivity contribution in [2.24, 2.45) is 5.10 Å². The predicted molar refractivity (Wildman–Crippen MR) is 118 cm³/mol. The summed E-state index contributed by atoms with van der Waals surface area (Å²) in [7, 11) is 1.50. The van der Waals surface area contributed by atoms with Crippen LogP contribution in [-0.4, -0.2) is 36.9 Å². The molecule has 8 nitrogen and oxygen atoms in total. The normalized spacial score (nSPS) is 10.5. The van der Waals surface area contributed by atoms with Gasteiger partial charge < -0.3 is 19.3 Å². The van der Waals surface area contributed by atoms with Crippen LogP contribution in [0.3, 0.4) is 0 Å². The number of hydrazone groups is 1. The second-order valence-corrected chi connectivity index (χ2v) is 6.56. The molecule has 0 saturated carbocycles. The highest BCUT2D eigenvalue weighted by molar-refractivity contribution is 5.95. The minimum absolute atomic E-state index is 0.335. The van der Waals surface area contributed by atoms with Crippen LogP contribution < -0.4 is 19.6 Å². The zero-order valence-corrected chi connectivity index (χ0v) is 17.4. The summed E-state index contributed by atoms with van der Waals surface area (Å²) in [5.41, 5.74) is 4.30. The first-order valence-electron chi connectivity index (χ1n) is 9.68. The van der Waals surface area contributed by atoms with Gasteiger partial charge in [0.25, 0.3) is 5.91 Å². The Hall–Kier alpha value is -4.33. The molecule has 3 aromatic rings. The van der Waals surface area contributed by atoms with E-state index in [-0.39, 0.29) is 0 Å². The summed E-state index contributed by atoms with van der Waals surface area (Å²) in [5.74, 6) is -0.256. The Labute approximate surface area is 185 Å². The van der Waals surface area contributed by atoms with Gasteiger partial charge in [-0.25, -0.2) is 10.2 Å². The molecule has 0 aliphatic carbocycles. The van der Waals surface area contributed by atoms with Crippen molar-refractivity contribution in [2.75, 3.05) is 13.7 Å². The van der Waals surface area contributed by atoms with Crippen LogP contribution in [-0.2, 0) is 11.4 Å². The summed E-state index contributed by atoms with van der Waals surface area (Å²) in [6.07, 6.45) is 1.38. The summed E-state index contributed by atoms with van der Waals surface area (Å²) >= 11 is 0. The van der Waals surface area contributed by atoms with E-state index in [0.29, 0.717) is 35.0 Å². The Morgan fingerprint density at radius 3 is 2.44 bits per heavy atom. The molecule has 3 aromatic carbocycles. The summed E-state index contributed by atoms with van der Waals surface area (Å²) in [5, 5.41) is 12.7. The van der Waals surface area contributed by atoms with Gasteiger partial charge in [-0.1, -0.05) is 42.5 Å². The number of hydrogen-bond acceptors (Lipinski definition) is 6. The van der Waals surface area contributed by atoms with E-state index in [9.17, 15) is 9.59 Å². The van der Waals surface area contributed by atoms with Gasteiger partial charge in [-0.15, -0.1) is 0 Å². The van der Waals surface area contributed by atoms with E-state index >= 15 is 0 Å². The van der Waals surface area contributed by atoms with E-state index in [1.165, 1.54) is 13.3 Å². The van der Waals surface area contributed by atoms with Gasteiger partial charge in [-0.05, 0) is 35.9 Å². The van der Waals surface area contributed by atoms with Crippen LogP contribution in [0.1, 0.15) is 21.5 Å². The smallest absolute Gasteiger partial charge is 0.341 e. The number of nitrogens with zero attached hydrogens (tertiary/aromatic N) is 1. The SMILES string of the molecule is COc1cc(C(=O)N/N=C/c2ccccc2OCC(=O)O)ccc1OCc1ccccc1. The molecule has 8 heteroatoms. The third-order valence-electron chi connectivity index (χ3n) is 4.30. The molecule has 0 atom stereocenters. The average Bonchev–Trinajstić information content (AvgIpc) is 2.82. The lowest BCUT2D eigenvalue weighted by Crippen LogP contribution is -2.18. The average molecular weight is 434 g/mol. The lowest BCUT2D eigenvalue weighted by atomic mass is 10.2. The molecule has 0 fully saturated rings. The molecule has 164 valence electrons. The van der Waals surface area contributed by atoms with Crippen molar-refractivity contribution in [3.05, 3.63) is 89.5 Å². The minimum atomic E-state index is -1.09. The lowest BCUT2D eigenvalue weighted by Gasteiger charge is -2.12. The number of para-hydroxylation sites is 1. The number of aliphatic carboxylic acids is 1. The zero-order chi connectivity index (χ0) is 22.8. The van der Waals surface area contributed by atoms with Crippen LogP contribution in [0, 0.1) is 0 Å². The van der Waals surface area contributed by atoms with Gasteiger partial charge in [0.2, 0.25) is 0 Å². The van der Waals surface area contributed by atoms with Crippen LogP contribution >= 0.6 is 0 Å². The number of ether oxygens (including phenoxy) is 3. The number of rotatable bonds is 10. The quantitative estimate of drug-likeness (QED) is 0.374. The lowest BCUT2D eigenvalue weighted by molar-refractivity contribution is -0.139. The fourth-order valence-electron chi connectivity index (χ4n) is 2.75. The second kappa shape index (κ2) is 11.2. The van der Waals surface area contributed by atoms with E-state index in [4.69, 9.17) is 19.3 Å². The Morgan fingerprint density at radius 2 is 1.69 bits per heavy atom. The third kappa shape index (κ3) is 6.33. The highest BCUT2D eigenvalue weighted by Gasteiger charge is 2.11. The van der Waals surface area contributed by atoms with Gasteiger partial charge in [-0.2, -0.15) is 5.10 Å². The third-order valence-corrected chi connectivity index (χ3v) is 4.30. The number of benzene rings is 3. The standard InChI is InChI=1S/C24H22N2O6/c1-30-22-13-18(11-12-21(22)31-15-17-7-3-2-4-8-17)24(29)26-25-14-19-9-5-6-10-20(19)32-16-23(27)28/h2-14H,15-16H2,1H3,(H,26,29)(H,27,28)/b25-14+. The molecule has 1 amide bonds. The summed E-state index contributed by atoms with van der Waals surface area (Å²) in [6.45, 7) is -0.105. The zero-order valence-electron chi connectivity index (χ0n) is 17.4. The topological polar surface area (TPSA) is 106 Å². The van der Waals surface area contributed by atoms with Crippen molar-refractivity contribution in [3.8, 4) is 17.2 Å². The number of carbonyl (C=O) groups excluding carboxylic acids is 1. The highest BCUT2D eigenvalue weighted by Crippen LogP contribution is 2.29. The molecule has 0 radical (unpaired) electrons. The van der Waals surface area contributed by atoms with Gasteiger partial charge in [0.1, 0.15) is 12.4 Å². The molecule has 0 heterocycles. The molecule has 0 unspecified atom stereocenters. The molecular formula is C24H22N2O6. The monoisotopic (exact) mass is 434 g/mol.